The Kier molecular flexibility index (Phi) is 4.90. The predicted molar refractivity (Wildman–Crippen MR) is 101 cm³/mol. The van der Waals surface area contributed by atoms with E-state index in [4.69, 9.17) is 4.74 Å². The molecule has 2 saturated heterocycles. The van der Waals surface area contributed by atoms with Crippen LogP contribution >= 0.6 is 0 Å². The van der Waals surface area contributed by atoms with Crippen molar-refractivity contribution in [2.75, 3.05) is 25.1 Å². The molecule has 0 saturated carbocycles. The SMILES string of the molecule is COc1cccc(N2C(=O)C[C@@H]([NH+]3CCC(c4ccncc4)CC3)C2=O)c1. The molecule has 1 aromatic heterocycles. The zero-order valence-corrected chi connectivity index (χ0v) is 15.4. The second-order valence-electron chi connectivity index (χ2n) is 7.24. The van der Waals surface area contributed by atoms with Crippen LogP contribution in [0.1, 0.15) is 30.7 Å². The summed E-state index contributed by atoms with van der Waals surface area (Å²) in [6, 6.07) is 11.0. The highest BCUT2D eigenvalue weighted by molar-refractivity contribution is 6.21. The monoisotopic (exact) mass is 366 g/mol. The number of ether oxygens (including phenoxy) is 1. The van der Waals surface area contributed by atoms with E-state index in [2.05, 4.69) is 17.1 Å². The molecule has 140 valence electrons. The van der Waals surface area contributed by atoms with Crippen LogP contribution in [0.3, 0.4) is 0 Å². The van der Waals surface area contributed by atoms with Crippen LogP contribution in [0, 0.1) is 0 Å². The van der Waals surface area contributed by atoms with Crippen molar-refractivity contribution in [3.05, 3.63) is 54.4 Å². The van der Waals surface area contributed by atoms with E-state index in [0.29, 0.717) is 17.4 Å². The Labute approximate surface area is 158 Å². The van der Waals surface area contributed by atoms with Crippen molar-refractivity contribution in [1.82, 2.24) is 4.98 Å². The number of carbonyl (C=O) groups is 2. The largest absolute Gasteiger partial charge is 0.497 e. The molecule has 6 heteroatoms. The first-order valence-corrected chi connectivity index (χ1v) is 9.42. The molecular weight excluding hydrogens is 342 g/mol. The number of methoxy groups -OCH3 is 1. The summed E-state index contributed by atoms with van der Waals surface area (Å²) in [4.78, 5) is 32.2. The number of anilines is 1. The number of aromatic nitrogens is 1. The number of nitrogens with zero attached hydrogens (tertiary/aromatic N) is 2. The molecule has 1 N–H and O–H groups in total. The number of pyridine rings is 1. The van der Waals surface area contributed by atoms with Crippen molar-refractivity contribution in [1.29, 1.82) is 0 Å². The lowest BCUT2D eigenvalue weighted by atomic mass is 9.89. The number of rotatable bonds is 4. The van der Waals surface area contributed by atoms with Crippen LogP contribution < -0.4 is 14.5 Å². The van der Waals surface area contributed by atoms with Gasteiger partial charge in [0.15, 0.2) is 6.04 Å². The first-order valence-electron chi connectivity index (χ1n) is 9.42. The lowest BCUT2D eigenvalue weighted by molar-refractivity contribution is -0.920. The number of carbonyl (C=O) groups excluding carboxylic acids is 2. The molecule has 27 heavy (non-hydrogen) atoms. The summed E-state index contributed by atoms with van der Waals surface area (Å²) in [6.07, 6.45) is 6.00. The van der Waals surface area contributed by atoms with E-state index in [1.54, 1.807) is 31.4 Å². The molecule has 0 spiro atoms. The summed E-state index contributed by atoms with van der Waals surface area (Å²) in [5.41, 5.74) is 1.91. The van der Waals surface area contributed by atoms with Gasteiger partial charge in [0.2, 0.25) is 5.91 Å². The van der Waals surface area contributed by atoms with E-state index >= 15 is 0 Å². The van der Waals surface area contributed by atoms with Crippen LogP contribution in [0.2, 0.25) is 0 Å². The lowest BCUT2D eigenvalue weighted by Gasteiger charge is -2.32. The molecule has 0 unspecified atom stereocenters. The molecule has 2 aromatic rings. The minimum atomic E-state index is -0.276. The fourth-order valence-corrected chi connectivity index (χ4v) is 4.28. The van der Waals surface area contributed by atoms with Gasteiger partial charge in [0, 0.05) is 31.3 Å². The van der Waals surface area contributed by atoms with Crippen LogP contribution in [0.5, 0.6) is 5.75 Å². The van der Waals surface area contributed by atoms with Gasteiger partial charge in [-0.25, -0.2) is 4.90 Å². The van der Waals surface area contributed by atoms with Gasteiger partial charge in [-0.15, -0.1) is 0 Å². The maximum atomic E-state index is 13.0. The standard InChI is InChI=1S/C21H23N3O3/c1-27-18-4-2-3-17(13-18)24-20(25)14-19(21(24)26)23-11-7-16(8-12-23)15-5-9-22-10-6-15/h2-6,9-10,13,16,19H,7-8,11-12,14H2,1H3/p+1/t19-/m1/s1. The molecule has 3 heterocycles. The molecule has 1 aromatic carbocycles. The molecule has 4 rings (SSSR count). The van der Waals surface area contributed by atoms with Crippen LogP contribution in [0.4, 0.5) is 5.69 Å². The van der Waals surface area contributed by atoms with Crippen molar-refractivity contribution >= 4 is 17.5 Å². The highest BCUT2D eigenvalue weighted by atomic mass is 16.5. The Balaban J connectivity index is 1.45. The van der Waals surface area contributed by atoms with Crippen LogP contribution in [-0.4, -0.2) is 43.0 Å². The highest BCUT2D eigenvalue weighted by Crippen LogP contribution is 2.27. The van der Waals surface area contributed by atoms with Gasteiger partial charge in [-0.2, -0.15) is 0 Å². The van der Waals surface area contributed by atoms with Gasteiger partial charge < -0.3 is 9.64 Å². The van der Waals surface area contributed by atoms with E-state index in [9.17, 15) is 9.59 Å². The quantitative estimate of drug-likeness (QED) is 0.826. The molecular formula is C21H24N3O3+. The molecule has 1 atom stereocenters. The normalized spacial score (nSPS) is 25.7. The van der Waals surface area contributed by atoms with E-state index in [0.717, 1.165) is 25.9 Å². The predicted octanol–water partition coefficient (Wildman–Crippen LogP) is 1.18. The summed E-state index contributed by atoms with van der Waals surface area (Å²) in [5.74, 6) is 0.938. The molecule has 2 amide bonds. The summed E-state index contributed by atoms with van der Waals surface area (Å²) in [5, 5.41) is 0. The van der Waals surface area contributed by atoms with Gasteiger partial charge in [0.05, 0.1) is 32.3 Å². The Morgan fingerprint density at radius 3 is 2.56 bits per heavy atom. The lowest BCUT2D eigenvalue weighted by Crippen LogP contribution is -3.17. The van der Waals surface area contributed by atoms with E-state index < -0.39 is 0 Å². The fraction of sp³-hybridized carbons (Fsp3) is 0.381. The average Bonchev–Trinajstić information content (AvgIpc) is 3.03. The Morgan fingerprint density at radius 2 is 1.85 bits per heavy atom. The maximum absolute atomic E-state index is 13.0. The number of hydrogen-bond acceptors (Lipinski definition) is 4. The zero-order valence-electron chi connectivity index (χ0n) is 15.4. The second kappa shape index (κ2) is 7.48. The smallest absolute Gasteiger partial charge is 0.292 e. The Morgan fingerprint density at radius 1 is 1.11 bits per heavy atom. The summed E-state index contributed by atoms with van der Waals surface area (Å²) >= 11 is 0. The van der Waals surface area contributed by atoms with Gasteiger partial charge in [0.25, 0.3) is 5.91 Å². The fourth-order valence-electron chi connectivity index (χ4n) is 4.28. The third-order valence-corrected chi connectivity index (χ3v) is 5.76. The minimum absolute atomic E-state index is 0.0920. The highest BCUT2D eigenvalue weighted by Gasteiger charge is 2.46. The number of quaternary nitrogens is 1. The number of hydrogen-bond donors (Lipinski definition) is 1. The summed E-state index contributed by atoms with van der Waals surface area (Å²) in [6.45, 7) is 1.81. The van der Waals surface area contributed by atoms with Gasteiger partial charge in [-0.1, -0.05) is 6.07 Å². The first-order chi connectivity index (χ1) is 13.2. The number of nitrogens with one attached hydrogen (secondary N) is 1. The first kappa shape index (κ1) is 17.7. The number of imide groups is 1. The van der Waals surface area contributed by atoms with Gasteiger partial charge in [-0.3, -0.25) is 14.6 Å². The second-order valence-corrected chi connectivity index (χ2v) is 7.24. The molecule has 6 nitrogen and oxygen atoms in total. The van der Waals surface area contributed by atoms with Crippen molar-refractivity contribution in [3.63, 3.8) is 0 Å². The van der Waals surface area contributed by atoms with Crippen LogP contribution in [0.15, 0.2) is 48.8 Å². The van der Waals surface area contributed by atoms with Crippen molar-refractivity contribution in [2.45, 2.75) is 31.2 Å². The third-order valence-electron chi connectivity index (χ3n) is 5.76. The zero-order chi connectivity index (χ0) is 18.8. The van der Waals surface area contributed by atoms with Gasteiger partial charge >= 0.3 is 0 Å². The summed E-state index contributed by atoms with van der Waals surface area (Å²) in [7, 11) is 1.58. The Hall–Kier alpha value is -2.73. The molecule has 0 bridgehead atoms. The molecule has 2 fully saturated rings. The number of amides is 2. The van der Waals surface area contributed by atoms with Crippen molar-refractivity contribution in [2.24, 2.45) is 0 Å². The molecule has 0 radical (unpaired) electrons. The number of benzene rings is 1. The van der Waals surface area contributed by atoms with Gasteiger partial charge in [0.1, 0.15) is 5.75 Å². The Bertz CT molecular complexity index is 832. The minimum Gasteiger partial charge on any atom is -0.497 e. The molecule has 0 aliphatic carbocycles. The van der Waals surface area contributed by atoms with Crippen molar-refractivity contribution in [3.8, 4) is 5.75 Å². The van der Waals surface area contributed by atoms with E-state index in [1.165, 1.54) is 15.4 Å². The average molecular weight is 366 g/mol. The van der Waals surface area contributed by atoms with Crippen LogP contribution in [0.25, 0.3) is 0 Å². The number of piperidine rings is 1. The summed E-state index contributed by atoms with van der Waals surface area (Å²) < 4.78 is 5.22. The topological polar surface area (TPSA) is 63.9 Å². The van der Waals surface area contributed by atoms with Crippen LogP contribution in [-0.2, 0) is 9.59 Å². The molecule has 2 aliphatic heterocycles. The maximum Gasteiger partial charge on any atom is 0.292 e. The third kappa shape index (κ3) is 3.45. The van der Waals surface area contributed by atoms with Crippen molar-refractivity contribution < 1.29 is 19.2 Å². The number of likely N-dealkylation sites (tertiary alicyclic amines) is 1. The van der Waals surface area contributed by atoms with E-state index in [-0.39, 0.29) is 24.3 Å². The van der Waals surface area contributed by atoms with E-state index in [1.807, 2.05) is 12.4 Å². The van der Waals surface area contributed by atoms with Gasteiger partial charge in [-0.05, 0) is 35.7 Å². The molecule has 2 aliphatic rings.